The third-order valence-electron chi connectivity index (χ3n) is 6.07. The number of hydrogen-bond acceptors (Lipinski definition) is 5. The van der Waals surface area contributed by atoms with Gasteiger partial charge in [-0.1, -0.05) is 19.3 Å². The first kappa shape index (κ1) is 19.9. The van der Waals surface area contributed by atoms with E-state index in [-0.39, 0.29) is 5.91 Å². The van der Waals surface area contributed by atoms with Gasteiger partial charge in [0.05, 0.1) is 25.3 Å². The molecule has 0 aromatic carbocycles. The number of anilines is 1. The van der Waals surface area contributed by atoms with Gasteiger partial charge in [-0.05, 0) is 30.9 Å². The third-order valence-corrected chi connectivity index (χ3v) is 6.07. The van der Waals surface area contributed by atoms with Crippen LogP contribution in [-0.2, 0) is 18.3 Å². The van der Waals surface area contributed by atoms with Crippen molar-refractivity contribution in [3.63, 3.8) is 0 Å². The summed E-state index contributed by atoms with van der Waals surface area (Å²) in [4.78, 5) is 26.5. The van der Waals surface area contributed by atoms with E-state index < -0.39 is 0 Å². The van der Waals surface area contributed by atoms with Crippen LogP contribution in [0.5, 0.6) is 0 Å². The van der Waals surface area contributed by atoms with E-state index in [0.29, 0.717) is 18.0 Å². The molecular formula is C22H31N5O2. The number of aryl methyl sites for hydroxylation is 1. The Labute approximate surface area is 172 Å². The standard InChI is InChI=1S/C22H31N5O2/c1-25-10-9-23-21(25)17-27(16-18-5-3-2-4-6-18)22(28)19-7-8-20(24-15-19)26-11-13-29-14-12-26/h7-10,15,18H,2-6,11-14,16-17H2,1H3. The molecule has 0 N–H and O–H groups in total. The first-order valence-electron chi connectivity index (χ1n) is 10.7. The van der Waals surface area contributed by atoms with Crippen molar-refractivity contribution in [3.8, 4) is 0 Å². The van der Waals surface area contributed by atoms with Gasteiger partial charge < -0.3 is 19.1 Å². The highest BCUT2D eigenvalue weighted by molar-refractivity contribution is 5.94. The molecule has 7 heteroatoms. The summed E-state index contributed by atoms with van der Waals surface area (Å²) in [6.07, 6.45) is 11.7. The normalized spacial score (nSPS) is 18.0. The molecule has 0 radical (unpaired) electrons. The van der Waals surface area contributed by atoms with Crippen molar-refractivity contribution in [1.29, 1.82) is 0 Å². The minimum atomic E-state index is 0.0413. The van der Waals surface area contributed by atoms with E-state index in [4.69, 9.17) is 4.74 Å². The summed E-state index contributed by atoms with van der Waals surface area (Å²) >= 11 is 0. The molecule has 1 saturated carbocycles. The SMILES string of the molecule is Cn1ccnc1CN(CC1CCCCC1)C(=O)c1ccc(N2CCOCC2)nc1. The molecule has 0 spiro atoms. The third kappa shape index (κ3) is 4.96. The number of imidazole rings is 1. The van der Waals surface area contributed by atoms with E-state index in [1.54, 1.807) is 12.4 Å². The van der Waals surface area contributed by atoms with Gasteiger partial charge in [0.15, 0.2) is 0 Å². The molecule has 0 bridgehead atoms. The topological polar surface area (TPSA) is 63.5 Å². The van der Waals surface area contributed by atoms with Crippen molar-refractivity contribution in [1.82, 2.24) is 19.4 Å². The van der Waals surface area contributed by atoms with Gasteiger partial charge in [-0.2, -0.15) is 0 Å². The number of nitrogens with zero attached hydrogens (tertiary/aromatic N) is 5. The molecule has 1 amide bonds. The molecule has 1 aliphatic heterocycles. The van der Waals surface area contributed by atoms with E-state index in [0.717, 1.165) is 44.5 Å². The van der Waals surface area contributed by atoms with Crippen molar-refractivity contribution in [2.75, 3.05) is 37.7 Å². The zero-order chi connectivity index (χ0) is 20.1. The van der Waals surface area contributed by atoms with E-state index in [1.165, 1.54) is 32.1 Å². The molecule has 2 fully saturated rings. The van der Waals surface area contributed by atoms with Crippen LogP contribution < -0.4 is 4.90 Å². The lowest BCUT2D eigenvalue weighted by atomic mass is 9.89. The molecule has 0 atom stereocenters. The molecule has 1 aliphatic carbocycles. The van der Waals surface area contributed by atoms with Gasteiger partial charge in [-0.3, -0.25) is 4.79 Å². The fourth-order valence-corrected chi connectivity index (χ4v) is 4.29. The summed E-state index contributed by atoms with van der Waals surface area (Å²) in [7, 11) is 1.98. The molecule has 156 valence electrons. The summed E-state index contributed by atoms with van der Waals surface area (Å²) in [6, 6.07) is 3.87. The average molecular weight is 398 g/mol. The second-order valence-electron chi connectivity index (χ2n) is 8.15. The van der Waals surface area contributed by atoms with Crippen LogP contribution >= 0.6 is 0 Å². The predicted octanol–water partition coefficient (Wildman–Crippen LogP) is 2.87. The van der Waals surface area contributed by atoms with Gasteiger partial charge in [0.25, 0.3) is 5.91 Å². The minimum absolute atomic E-state index is 0.0413. The zero-order valence-electron chi connectivity index (χ0n) is 17.3. The Hall–Kier alpha value is -2.41. The lowest BCUT2D eigenvalue weighted by Crippen LogP contribution is -2.37. The van der Waals surface area contributed by atoms with Crippen molar-refractivity contribution in [2.45, 2.75) is 38.6 Å². The Morgan fingerprint density at radius 2 is 1.97 bits per heavy atom. The second kappa shape index (κ2) is 9.39. The highest BCUT2D eigenvalue weighted by Crippen LogP contribution is 2.26. The van der Waals surface area contributed by atoms with Crippen LogP contribution in [-0.4, -0.2) is 58.2 Å². The van der Waals surface area contributed by atoms with E-state index in [2.05, 4.69) is 14.9 Å². The largest absolute Gasteiger partial charge is 0.378 e. The number of hydrogen-bond donors (Lipinski definition) is 0. The van der Waals surface area contributed by atoms with Gasteiger partial charge in [0.1, 0.15) is 11.6 Å². The minimum Gasteiger partial charge on any atom is -0.378 e. The Morgan fingerprint density at radius 3 is 2.62 bits per heavy atom. The smallest absolute Gasteiger partial charge is 0.255 e. The molecule has 3 heterocycles. The van der Waals surface area contributed by atoms with Gasteiger partial charge in [0.2, 0.25) is 0 Å². The Bertz CT molecular complexity index is 792. The first-order chi connectivity index (χ1) is 14.2. The Balaban J connectivity index is 1.49. The molecule has 2 aromatic heterocycles. The van der Waals surface area contributed by atoms with Crippen LogP contribution in [0.15, 0.2) is 30.7 Å². The van der Waals surface area contributed by atoms with Crippen LogP contribution in [0.2, 0.25) is 0 Å². The predicted molar refractivity (Wildman–Crippen MR) is 112 cm³/mol. The highest BCUT2D eigenvalue weighted by atomic mass is 16.5. The maximum absolute atomic E-state index is 13.4. The van der Waals surface area contributed by atoms with E-state index in [9.17, 15) is 4.79 Å². The fraction of sp³-hybridized carbons (Fsp3) is 0.591. The second-order valence-corrected chi connectivity index (χ2v) is 8.15. The van der Waals surface area contributed by atoms with Crippen molar-refractivity contribution >= 4 is 11.7 Å². The molecule has 1 saturated heterocycles. The van der Waals surface area contributed by atoms with Gasteiger partial charge >= 0.3 is 0 Å². The van der Waals surface area contributed by atoms with Crippen molar-refractivity contribution in [2.24, 2.45) is 13.0 Å². The number of rotatable bonds is 6. The molecule has 2 aromatic rings. The number of pyridine rings is 1. The average Bonchev–Trinajstić information content (AvgIpc) is 3.18. The monoisotopic (exact) mass is 397 g/mol. The zero-order valence-corrected chi connectivity index (χ0v) is 17.3. The van der Waals surface area contributed by atoms with Crippen LogP contribution in [0, 0.1) is 5.92 Å². The van der Waals surface area contributed by atoms with E-state index >= 15 is 0 Å². The molecule has 29 heavy (non-hydrogen) atoms. The maximum Gasteiger partial charge on any atom is 0.255 e. The highest BCUT2D eigenvalue weighted by Gasteiger charge is 2.24. The molecule has 2 aliphatic rings. The lowest BCUT2D eigenvalue weighted by Gasteiger charge is -2.30. The number of carbonyl (C=O) groups is 1. The van der Waals surface area contributed by atoms with Crippen LogP contribution in [0.3, 0.4) is 0 Å². The van der Waals surface area contributed by atoms with Gasteiger partial charge in [-0.25, -0.2) is 9.97 Å². The lowest BCUT2D eigenvalue weighted by molar-refractivity contribution is 0.0692. The quantitative estimate of drug-likeness (QED) is 0.750. The summed E-state index contributed by atoms with van der Waals surface area (Å²) in [5.41, 5.74) is 0.645. The van der Waals surface area contributed by atoms with Crippen molar-refractivity contribution < 1.29 is 9.53 Å². The maximum atomic E-state index is 13.4. The number of amides is 1. The van der Waals surface area contributed by atoms with Gasteiger partial charge in [0, 0.05) is 45.3 Å². The van der Waals surface area contributed by atoms with E-state index in [1.807, 2.05) is 34.8 Å². The van der Waals surface area contributed by atoms with Gasteiger partial charge in [-0.15, -0.1) is 0 Å². The number of ether oxygens (including phenoxy) is 1. The van der Waals surface area contributed by atoms with Crippen molar-refractivity contribution in [3.05, 3.63) is 42.1 Å². The molecular weight excluding hydrogens is 366 g/mol. The first-order valence-corrected chi connectivity index (χ1v) is 10.7. The summed E-state index contributed by atoms with van der Waals surface area (Å²) in [5, 5.41) is 0. The van der Waals surface area contributed by atoms with Crippen LogP contribution in [0.4, 0.5) is 5.82 Å². The summed E-state index contributed by atoms with van der Waals surface area (Å²) in [6.45, 7) is 4.45. The number of carbonyl (C=O) groups excluding carboxylic acids is 1. The summed E-state index contributed by atoms with van der Waals surface area (Å²) in [5.74, 6) is 2.44. The van der Waals surface area contributed by atoms with Crippen LogP contribution in [0.1, 0.15) is 48.3 Å². The Kier molecular flexibility index (Phi) is 6.44. The number of morpholine rings is 1. The summed E-state index contributed by atoms with van der Waals surface area (Å²) < 4.78 is 7.40. The fourth-order valence-electron chi connectivity index (χ4n) is 4.29. The molecule has 7 nitrogen and oxygen atoms in total. The number of aromatic nitrogens is 3. The molecule has 4 rings (SSSR count). The van der Waals surface area contributed by atoms with Crippen LogP contribution in [0.25, 0.3) is 0 Å². The Morgan fingerprint density at radius 1 is 1.17 bits per heavy atom. The molecule has 0 unspecified atom stereocenters.